The van der Waals surface area contributed by atoms with Crippen LogP contribution in [0.15, 0.2) is 45.9 Å². The summed E-state index contributed by atoms with van der Waals surface area (Å²) in [5, 5.41) is 3.11. The minimum absolute atomic E-state index is 0.0701. The average Bonchev–Trinajstić information content (AvgIpc) is 2.92. The topological polar surface area (TPSA) is 68.3 Å². The zero-order valence-corrected chi connectivity index (χ0v) is 12.5. The number of nitrogens with one attached hydrogen (secondary N) is 1. The molecule has 4 nitrogen and oxygen atoms in total. The van der Waals surface area contributed by atoms with Crippen molar-refractivity contribution in [1.29, 1.82) is 0 Å². The van der Waals surface area contributed by atoms with E-state index in [0.29, 0.717) is 17.3 Å². The maximum Gasteiger partial charge on any atom is 0.233 e. The van der Waals surface area contributed by atoms with Crippen molar-refractivity contribution < 1.29 is 9.21 Å². The van der Waals surface area contributed by atoms with E-state index in [4.69, 9.17) is 21.8 Å². The van der Waals surface area contributed by atoms with E-state index >= 15 is 0 Å². The van der Waals surface area contributed by atoms with Crippen LogP contribution < -0.4 is 11.1 Å². The normalized spacial score (nSPS) is 12.1. The molecule has 0 saturated carbocycles. The van der Waals surface area contributed by atoms with Gasteiger partial charge < -0.3 is 15.5 Å². The lowest BCUT2D eigenvalue weighted by Crippen LogP contribution is -2.30. The molecule has 106 valence electrons. The number of carbonyl (C=O) groups is 1. The van der Waals surface area contributed by atoms with Gasteiger partial charge in [-0.3, -0.25) is 4.79 Å². The number of anilines is 1. The van der Waals surface area contributed by atoms with Crippen LogP contribution in [-0.4, -0.2) is 11.2 Å². The molecule has 0 bridgehead atoms. The molecule has 1 heterocycles. The molecule has 0 aliphatic heterocycles. The Kier molecular flexibility index (Phi) is 4.98. The van der Waals surface area contributed by atoms with Gasteiger partial charge in [0, 0.05) is 10.6 Å². The Balaban J connectivity index is 1.90. The van der Waals surface area contributed by atoms with Crippen molar-refractivity contribution in [2.75, 3.05) is 5.73 Å². The fraction of sp³-hybridized carbons (Fsp3) is 0.214. The Bertz CT molecular complexity index is 587. The van der Waals surface area contributed by atoms with Gasteiger partial charge in [0.15, 0.2) is 0 Å². The first-order valence-corrected chi connectivity index (χ1v) is 7.34. The highest BCUT2D eigenvalue weighted by Gasteiger charge is 2.16. The number of nitrogens with two attached hydrogens (primary N) is 1. The van der Waals surface area contributed by atoms with Gasteiger partial charge in [0.2, 0.25) is 5.91 Å². The summed E-state index contributed by atoms with van der Waals surface area (Å²) < 4.78 is 5.16. The fourth-order valence-corrected chi connectivity index (χ4v) is 2.80. The van der Waals surface area contributed by atoms with Crippen LogP contribution in [-0.2, 0) is 11.3 Å². The first-order valence-electron chi connectivity index (χ1n) is 6.08. The van der Waals surface area contributed by atoms with Crippen LogP contribution in [0.2, 0.25) is 5.02 Å². The number of amides is 1. The second kappa shape index (κ2) is 6.72. The lowest BCUT2D eigenvalue weighted by molar-refractivity contribution is -0.120. The van der Waals surface area contributed by atoms with Gasteiger partial charge in [-0.25, -0.2) is 0 Å². The van der Waals surface area contributed by atoms with Crippen LogP contribution in [0.1, 0.15) is 12.7 Å². The SMILES string of the molecule is CC(Sc1ccc(N)cc1Cl)C(=O)NCc1ccco1. The van der Waals surface area contributed by atoms with Crippen LogP contribution >= 0.6 is 23.4 Å². The monoisotopic (exact) mass is 310 g/mol. The Morgan fingerprint density at radius 1 is 1.50 bits per heavy atom. The molecule has 0 saturated heterocycles. The Hall–Kier alpha value is -1.59. The molecule has 0 radical (unpaired) electrons. The van der Waals surface area contributed by atoms with Gasteiger partial charge >= 0.3 is 0 Å². The van der Waals surface area contributed by atoms with E-state index in [1.165, 1.54) is 11.8 Å². The Labute approximate surface area is 126 Å². The van der Waals surface area contributed by atoms with E-state index in [1.807, 2.05) is 19.1 Å². The molecule has 1 atom stereocenters. The zero-order valence-electron chi connectivity index (χ0n) is 10.9. The molecule has 1 aromatic carbocycles. The van der Waals surface area contributed by atoms with Crippen molar-refractivity contribution in [1.82, 2.24) is 5.32 Å². The van der Waals surface area contributed by atoms with Crippen LogP contribution in [0.5, 0.6) is 0 Å². The lowest BCUT2D eigenvalue weighted by Gasteiger charge is -2.12. The van der Waals surface area contributed by atoms with Crippen LogP contribution in [0.3, 0.4) is 0 Å². The lowest BCUT2D eigenvalue weighted by atomic mass is 10.3. The molecule has 2 aromatic rings. The first kappa shape index (κ1) is 14.8. The molecule has 2 rings (SSSR count). The Morgan fingerprint density at radius 3 is 2.95 bits per heavy atom. The number of furan rings is 1. The summed E-state index contributed by atoms with van der Waals surface area (Å²) in [6.45, 7) is 2.21. The predicted molar refractivity (Wildman–Crippen MR) is 81.7 cm³/mol. The first-order chi connectivity index (χ1) is 9.56. The number of rotatable bonds is 5. The number of halogens is 1. The minimum atomic E-state index is -0.258. The van der Waals surface area contributed by atoms with E-state index < -0.39 is 0 Å². The molecule has 0 spiro atoms. The van der Waals surface area contributed by atoms with E-state index in [-0.39, 0.29) is 11.2 Å². The van der Waals surface area contributed by atoms with Gasteiger partial charge in [0.1, 0.15) is 5.76 Å². The van der Waals surface area contributed by atoms with Crippen molar-refractivity contribution in [2.24, 2.45) is 0 Å². The summed E-state index contributed by atoms with van der Waals surface area (Å²) in [7, 11) is 0. The number of carbonyl (C=O) groups excluding carboxylic acids is 1. The van der Waals surface area contributed by atoms with Gasteiger partial charge in [0.05, 0.1) is 23.1 Å². The third kappa shape index (κ3) is 3.95. The number of nitrogen functional groups attached to an aromatic ring is 1. The molecule has 1 amide bonds. The van der Waals surface area contributed by atoms with Gasteiger partial charge in [0.25, 0.3) is 0 Å². The number of hydrogen-bond acceptors (Lipinski definition) is 4. The molecule has 1 aromatic heterocycles. The second-order valence-electron chi connectivity index (χ2n) is 4.25. The minimum Gasteiger partial charge on any atom is -0.467 e. The highest BCUT2D eigenvalue weighted by Crippen LogP contribution is 2.31. The maximum atomic E-state index is 12.0. The quantitative estimate of drug-likeness (QED) is 0.656. The Morgan fingerprint density at radius 2 is 2.30 bits per heavy atom. The van der Waals surface area contributed by atoms with Gasteiger partial charge in [-0.1, -0.05) is 11.6 Å². The molecule has 0 aliphatic carbocycles. The van der Waals surface area contributed by atoms with E-state index in [9.17, 15) is 4.79 Å². The maximum absolute atomic E-state index is 12.0. The van der Waals surface area contributed by atoms with E-state index in [1.54, 1.807) is 24.5 Å². The third-order valence-electron chi connectivity index (χ3n) is 2.65. The predicted octanol–water partition coefficient (Wildman–Crippen LogP) is 3.31. The van der Waals surface area contributed by atoms with Crippen molar-refractivity contribution >= 4 is 35.0 Å². The number of thioether (sulfide) groups is 1. The number of hydrogen-bond donors (Lipinski definition) is 2. The highest BCUT2D eigenvalue weighted by atomic mass is 35.5. The molecular weight excluding hydrogens is 296 g/mol. The van der Waals surface area contributed by atoms with Gasteiger partial charge in [-0.2, -0.15) is 0 Å². The van der Waals surface area contributed by atoms with Gasteiger partial charge in [-0.05, 0) is 37.3 Å². The zero-order chi connectivity index (χ0) is 14.5. The van der Waals surface area contributed by atoms with E-state index in [0.717, 1.165) is 10.7 Å². The van der Waals surface area contributed by atoms with Crippen LogP contribution in [0.25, 0.3) is 0 Å². The molecular formula is C14H15ClN2O2S. The summed E-state index contributed by atoms with van der Waals surface area (Å²) in [4.78, 5) is 12.8. The van der Waals surface area contributed by atoms with Crippen LogP contribution in [0.4, 0.5) is 5.69 Å². The smallest absolute Gasteiger partial charge is 0.233 e. The summed E-state index contributed by atoms with van der Waals surface area (Å²) in [6, 6.07) is 8.86. The van der Waals surface area contributed by atoms with E-state index in [2.05, 4.69) is 5.32 Å². The molecule has 6 heteroatoms. The summed E-state index contributed by atoms with van der Waals surface area (Å²) >= 11 is 7.48. The summed E-state index contributed by atoms with van der Waals surface area (Å²) in [5.74, 6) is 0.653. The summed E-state index contributed by atoms with van der Waals surface area (Å²) in [6.07, 6.45) is 1.58. The van der Waals surface area contributed by atoms with Gasteiger partial charge in [-0.15, -0.1) is 11.8 Å². The standard InChI is InChI=1S/C14H15ClN2O2S/c1-9(14(18)17-8-11-3-2-6-19-11)20-13-5-4-10(16)7-12(13)15/h2-7,9H,8,16H2,1H3,(H,17,18). The molecule has 0 aliphatic rings. The highest BCUT2D eigenvalue weighted by molar-refractivity contribution is 8.00. The third-order valence-corrected chi connectivity index (χ3v) is 4.25. The van der Waals surface area contributed by atoms with Crippen molar-refractivity contribution in [2.45, 2.75) is 23.6 Å². The molecule has 0 fully saturated rings. The molecule has 1 unspecified atom stereocenters. The molecule has 20 heavy (non-hydrogen) atoms. The average molecular weight is 311 g/mol. The van der Waals surface area contributed by atoms with Crippen molar-refractivity contribution in [3.8, 4) is 0 Å². The second-order valence-corrected chi connectivity index (χ2v) is 6.04. The molecule has 3 N–H and O–H groups in total. The van der Waals surface area contributed by atoms with Crippen molar-refractivity contribution in [3.63, 3.8) is 0 Å². The van der Waals surface area contributed by atoms with Crippen LogP contribution in [0, 0.1) is 0 Å². The number of benzene rings is 1. The van der Waals surface area contributed by atoms with Crippen molar-refractivity contribution in [3.05, 3.63) is 47.4 Å². The summed E-state index contributed by atoms with van der Waals surface area (Å²) in [5.41, 5.74) is 6.24. The fourth-order valence-electron chi connectivity index (χ4n) is 1.59. The largest absolute Gasteiger partial charge is 0.467 e.